The van der Waals surface area contributed by atoms with Crippen LogP contribution in [0.4, 0.5) is 0 Å². The number of rotatable bonds is 4. The van der Waals surface area contributed by atoms with E-state index in [1.807, 2.05) is 23.5 Å². The van der Waals surface area contributed by atoms with E-state index in [0.717, 1.165) is 6.42 Å². The van der Waals surface area contributed by atoms with Gasteiger partial charge < -0.3 is 0 Å². The molecule has 2 heteroatoms. The summed E-state index contributed by atoms with van der Waals surface area (Å²) < 4.78 is 0. The summed E-state index contributed by atoms with van der Waals surface area (Å²) in [6, 6.07) is 31.4. The van der Waals surface area contributed by atoms with Gasteiger partial charge in [0.25, 0.3) is 0 Å². The molecular formula is C27H22S2. The molecule has 142 valence electrons. The fraction of sp³-hybridized carbons (Fsp3) is 0.111. The highest BCUT2D eigenvalue weighted by atomic mass is 32.2. The highest BCUT2D eigenvalue weighted by Crippen LogP contribution is 2.42. The van der Waals surface area contributed by atoms with Crippen LogP contribution in [0.15, 0.2) is 105 Å². The van der Waals surface area contributed by atoms with Crippen molar-refractivity contribution in [2.24, 2.45) is 0 Å². The minimum atomic E-state index is 1.04. The molecule has 0 atom stereocenters. The maximum Gasteiger partial charge on any atom is 0.0128 e. The summed E-state index contributed by atoms with van der Waals surface area (Å²) in [4.78, 5) is 5.18. The van der Waals surface area contributed by atoms with Crippen LogP contribution in [0.2, 0.25) is 0 Å². The summed E-state index contributed by atoms with van der Waals surface area (Å²) in [7, 11) is 0. The first-order valence-electron chi connectivity index (χ1n) is 9.89. The van der Waals surface area contributed by atoms with Crippen molar-refractivity contribution in [1.29, 1.82) is 0 Å². The first-order valence-corrected chi connectivity index (χ1v) is 11.5. The molecule has 0 spiro atoms. The molecule has 1 aliphatic rings. The average molecular weight is 411 g/mol. The molecule has 0 heterocycles. The molecule has 0 saturated carbocycles. The lowest BCUT2D eigenvalue weighted by Crippen LogP contribution is -1.82. The smallest absolute Gasteiger partial charge is 0.0128 e. The van der Waals surface area contributed by atoms with Gasteiger partial charge in [0.1, 0.15) is 0 Å². The Kier molecular flexibility index (Phi) is 4.99. The Morgan fingerprint density at radius 1 is 0.483 bits per heavy atom. The molecule has 1 aliphatic carbocycles. The van der Waals surface area contributed by atoms with Crippen LogP contribution in [0.25, 0.3) is 11.1 Å². The van der Waals surface area contributed by atoms with Gasteiger partial charge in [0, 0.05) is 19.6 Å². The highest BCUT2D eigenvalue weighted by molar-refractivity contribution is 7.99. The number of hydrogen-bond acceptors (Lipinski definition) is 2. The van der Waals surface area contributed by atoms with Crippen LogP contribution in [-0.4, -0.2) is 0 Å². The Hall–Kier alpha value is -2.42. The second-order valence-electron chi connectivity index (χ2n) is 7.64. The number of aryl methyl sites for hydroxylation is 2. The molecule has 0 aromatic heterocycles. The minimum Gasteiger partial charge on any atom is -0.0901 e. The first-order chi connectivity index (χ1) is 14.1. The van der Waals surface area contributed by atoms with Crippen molar-refractivity contribution in [2.75, 3.05) is 0 Å². The fourth-order valence-corrected chi connectivity index (χ4v) is 5.45. The molecule has 0 unspecified atom stereocenters. The lowest BCUT2D eigenvalue weighted by Gasteiger charge is -2.08. The summed E-state index contributed by atoms with van der Waals surface area (Å²) in [6.45, 7) is 4.26. The van der Waals surface area contributed by atoms with Crippen LogP contribution < -0.4 is 0 Å². The van der Waals surface area contributed by atoms with Gasteiger partial charge in [-0.2, -0.15) is 0 Å². The Bertz CT molecular complexity index is 1080. The maximum atomic E-state index is 2.37. The van der Waals surface area contributed by atoms with Crippen molar-refractivity contribution in [3.8, 4) is 11.1 Å². The molecular weight excluding hydrogens is 388 g/mol. The van der Waals surface area contributed by atoms with E-state index in [4.69, 9.17) is 0 Å². The zero-order valence-electron chi connectivity index (χ0n) is 16.6. The molecule has 5 rings (SSSR count). The van der Waals surface area contributed by atoms with Gasteiger partial charge in [0.2, 0.25) is 0 Å². The van der Waals surface area contributed by atoms with Crippen LogP contribution >= 0.6 is 23.5 Å². The van der Waals surface area contributed by atoms with Gasteiger partial charge in [-0.15, -0.1) is 0 Å². The van der Waals surface area contributed by atoms with Crippen LogP contribution in [0.5, 0.6) is 0 Å². The summed E-state index contributed by atoms with van der Waals surface area (Å²) in [5.41, 5.74) is 8.26. The van der Waals surface area contributed by atoms with Crippen molar-refractivity contribution >= 4 is 23.5 Å². The van der Waals surface area contributed by atoms with E-state index < -0.39 is 0 Å². The van der Waals surface area contributed by atoms with Gasteiger partial charge in [-0.1, -0.05) is 71.0 Å². The van der Waals surface area contributed by atoms with Gasteiger partial charge in [0.05, 0.1) is 0 Å². The summed E-state index contributed by atoms with van der Waals surface area (Å²) in [5, 5.41) is 0. The Balaban J connectivity index is 1.44. The molecule has 0 radical (unpaired) electrons. The van der Waals surface area contributed by atoms with Gasteiger partial charge in [-0.3, -0.25) is 0 Å². The monoisotopic (exact) mass is 410 g/mol. The van der Waals surface area contributed by atoms with E-state index in [1.54, 1.807) is 0 Å². The quantitative estimate of drug-likeness (QED) is 0.293. The van der Waals surface area contributed by atoms with Crippen molar-refractivity contribution in [1.82, 2.24) is 0 Å². The summed E-state index contributed by atoms with van der Waals surface area (Å²) in [5.74, 6) is 0. The predicted molar refractivity (Wildman–Crippen MR) is 125 cm³/mol. The number of hydrogen-bond donors (Lipinski definition) is 0. The summed E-state index contributed by atoms with van der Waals surface area (Å²) in [6.07, 6.45) is 1.04. The third-order valence-electron chi connectivity index (χ3n) is 5.35. The lowest BCUT2D eigenvalue weighted by molar-refractivity contribution is 1.24. The lowest BCUT2D eigenvalue weighted by atomic mass is 10.1. The molecule has 0 nitrogen and oxygen atoms in total. The van der Waals surface area contributed by atoms with Crippen molar-refractivity contribution < 1.29 is 0 Å². The molecule has 0 aliphatic heterocycles. The second-order valence-corrected chi connectivity index (χ2v) is 9.94. The van der Waals surface area contributed by atoms with Crippen LogP contribution in [0.1, 0.15) is 22.3 Å². The first kappa shape index (κ1) is 18.6. The zero-order chi connectivity index (χ0) is 19.8. The highest BCUT2D eigenvalue weighted by Gasteiger charge is 2.19. The van der Waals surface area contributed by atoms with Crippen LogP contribution in [-0.2, 0) is 6.42 Å². The number of benzene rings is 4. The average Bonchev–Trinajstić information content (AvgIpc) is 3.09. The van der Waals surface area contributed by atoms with E-state index in [2.05, 4.69) is 98.8 Å². The largest absolute Gasteiger partial charge is 0.0901 e. The van der Waals surface area contributed by atoms with Crippen LogP contribution in [0, 0.1) is 13.8 Å². The molecule has 0 bridgehead atoms. The maximum absolute atomic E-state index is 2.37. The van der Waals surface area contributed by atoms with Gasteiger partial charge in [-0.25, -0.2) is 0 Å². The van der Waals surface area contributed by atoms with Crippen molar-refractivity contribution in [2.45, 2.75) is 39.9 Å². The van der Waals surface area contributed by atoms with Gasteiger partial charge in [0.15, 0.2) is 0 Å². The SMILES string of the molecule is Cc1ccc(Sc2ccc3c(c2)-c2cc(Sc4ccc(C)cc4)ccc2C3)cc1. The van der Waals surface area contributed by atoms with E-state index >= 15 is 0 Å². The van der Waals surface area contributed by atoms with Crippen molar-refractivity contribution in [3.63, 3.8) is 0 Å². The van der Waals surface area contributed by atoms with Gasteiger partial charge in [-0.05, 0) is 91.1 Å². The summed E-state index contributed by atoms with van der Waals surface area (Å²) >= 11 is 3.68. The third-order valence-corrected chi connectivity index (χ3v) is 7.34. The molecule has 4 aromatic rings. The Morgan fingerprint density at radius 2 is 0.862 bits per heavy atom. The topological polar surface area (TPSA) is 0 Å². The zero-order valence-corrected chi connectivity index (χ0v) is 18.2. The number of fused-ring (bicyclic) bond motifs is 3. The van der Waals surface area contributed by atoms with Crippen LogP contribution in [0.3, 0.4) is 0 Å². The predicted octanol–water partition coefficient (Wildman–Crippen LogP) is 8.18. The van der Waals surface area contributed by atoms with Crippen molar-refractivity contribution in [3.05, 3.63) is 107 Å². The van der Waals surface area contributed by atoms with E-state index in [1.165, 1.54) is 53.0 Å². The van der Waals surface area contributed by atoms with E-state index in [0.29, 0.717) is 0 Å². The third kappa shape index (κ3) is 4.01. The molecule has 29 heavy (non-hydrogen) atoms. The normalized spacial score (nSPS) is 11.9. The Labute approximate surface area is 181 Å². The second kappa shape index (κ2) is 7.78. The molecule has 0 fully saturated rings. The van der Waals surface area contributed by atoms with E-state index in [-0.39, 0.29) is 0 Å². The molecule has 4 aromatic carbocycles. The minimum absolute atomic E-state index is 1.04. The standard InChI is InChI=1S/C27H22S2/c1-18-3-9-22(10-4-18)28-24-13-7-20-15-21-8-14-25(17-27(21)26(20)16-24)29-23-11-5-19(2)6-12-23/h3-14,16-17H,15H2,1-2H3. The molecule has 0 N–H and O–H groups in total. The van der Waals surface area contributed by atoms with E-state index in [9.17, 15) is 0 Å². The fourth-order valence-electron chi connectivity index (χ4n) is 3.74. The molecule has 0 amide bonds. The Morgan fingerprint density at radius 3 is 1.28 bits per heavy atom. The molecule has 0 saturated heterocycles. The van der Waals surface area contributed by atoms with Gasteiger partial charge >= 0.3 is 0 Å².